The minimum Gasteiger partial charge on any atom is -0.339 e. The second-order valence-corrected chi connectivity index (χ2v) is 7.57. The molecule has 9 nitrogen and oxygen atoms in total. The zero-order valence-corrected chi connectivity index (χ0v) is 19.1. The second kappa shape index (κ2) is 10.7. The molecule has 4 N–H and O–H groups in total. The molecular weight excluding hydrogens is 473 g/mol. The van der Waals surface area contributed by atoms with E-state index in [0.29, 0.717) is 33.9 Å². The molecule has 0 bridgehead atoms. The number of hydrogen-bond acceptors (Lipinski definition) is 8. The number of anilines is 4. The zero-order valence-electron chi connectivity index (χ0n) is 18.3. The maximum Gasteiger partial charge on any atom is 0.276 e. The average Bonchev–Trinajstić information content (AvgIpc) is 2.87. The van der Waals surface area contributed by atoms with Gasteiger partial charge in [-0.1, -0.05) is 29.8 Å². The normalized spacial score (nSPS) is 10.5. The summed E-state index contributed by atoms with van der Waals surface area (Å²) in [4.78, 5) is 30.0. The molecule has 0 saturated heterocycles. The van der Waals surface area contributed by atoms with E-state index < -0.39 is 11.7 Å². The molecule has 0 atom stereocenters. The lowest BCUT2D eigenvalue weighted by Crippen LogP contribution is -2.21. The second-order valence-electron chi connectivity index (χ2n) is 7.16. The molecule has 176 valence electrons. The number of pyridine rings is 1. The monoisotopic (exact) mass is 491 g/mol. The third kappa shape index (κ3) is 5.57. The minimum atomic E-state index is -0.538. The van der Waals surface area contributed by atoms with Gasteiger partial charge in [0.15, 0.2) is 0 Å². The number of hydrogen-bond donors (Lipinski definition) is 4. The number of rotatable bonds is 8. The number of nitrogens with zero attached hydrogens (tertiary/aromatic N) is 3. The van der Waals surface area contributed by atoms with Gasteiger partial charge in [0.05, 0.1) is 17.7 Å². The van der Waals surface area contributed by atoms with Crippen molar-refractivity contribution < 1.29 is 14.0 Å². The van der Waals surface area contributed by atoms with Crippen LogP contribution in [-0.4, -0.2) is 34.2 Å². The van der Waals surface area contributed by atoms with Gasteiger partial charge in [0, 0.05) is 52.9 Å². The number of amides is 1. The Labute approximate surface area is 204 Å². The van der Waals surface area contributed by atoms with Crippen molar-refractivity contribution >= 4 is 46.9 Å². The van der Waals surface area contributed by atoms with Gasteiger partial charge in [0.25, 0.3) is 5.91 Å². The van der Waals surface area contributed by atoms with Crippen molar-refractivity contribution in [3.8, 4) is 11.1 Å². The molecule has 0 unspecified atom stereocenters. The molecule has 35 heavy (non-hydrogen) atoms. The summed E-state index contributed by atoms with van der Waals surface area (Å²) in [6.07, 6.45) is 5.76. The van der Waals surface area contributed by atoms with E-state index in [2.05, 4.69) is 31.1 Å². The number of para-hydroxylation sites is 1. The van der Waals surface area contributed by atoms with E-state index in [4.69, 9.17) is 21.8 Å². The lowest BCUT2D eigenvalue weighted by Gasteiger charge is -2.15. The Balaban J connectivity index is 1.76. The van der Waals surface area contributed by atoms with Crippen molar-refractivity contribution in [1.29, 1.82) is 5.41 Å². The highest BCUT2D eigenvalue weighted by molar-refractivity contribution is 6.31. The van der Waals surface area contributed by atoms with E-state index in [0.717, 1.165) is 0 Å². The van der Waals surface area contributed by atoms with Crippen molar-refractivity contribution in [3.63, 3.8) is 0 Å². The fourth-order valence-electron chi connectivity index (χ4n) is 3.18. The van der Waals surface area contributed by atoms with Crippen LogP contribution in [0.15, 0.2) is 67.1 Å². The van der Waals surface area contributed by atoms with Crippen LogP contribution >= 0.6 is 11.6 Å². The zero-order chi connectivity index (χ0) is 24.8. The topological polar surface area (TPSA) is 125 Å². The van der Waals surface area contributed by atoms with Crippen molar-refractivity contribution in [2.45, 2.75) is 0 Å². The van der Waals surface area contributed by atoms with Crippen molar-refractivity contribution in [2.75, 3.05) is 17.7 Å². The molecule has 2 heterocycles. The fraction of sp³-hybridized carbons (Fsp3) is 0.0417. The molecule has 4 aromatic rings. The fourth-order valence-corrected chi connectivity index (χ4v) is 3.36. The van der Waals surface area contributed by atoms with Gasteiger partial charge in [-0.3, -0.25) is 14.6 Å². The molecular formula is C24H19ClFN7O2. The number of halogens is 2. The highest BCUT2D eigenvalue weighted by Crippen LogP contribution is 2.31. The first-order chi connectivity index (χ1) is 17.0. The van der Waals surface area contributed by atoms with E-state index in [1.807, 2.05) is 12.1 Å². The first kappa shape index (κ1) is 23.7. The molecule has 0 aliphatic heterocycles. The Morgan fingerprint density at radius 3 is 2.71 bits per heavy atom. The van der Waals surface area contributed by atoms with Gasteiger partial charge >= 0.3 is 0 Å². The van der Waals surface area contributed by atoms with Gasteiger partial charge < -0.3 is 16.0 Å². The Hall–Kier alpha value is -4.41. The van der Waals surface area contributed by atoms with Gasteiger partial charge in [-0.15, -0.1) is 0 Å². The van der Waals surface area contributed by atoms with Gasteiger partial charge in [-0.2, -0.15) is 4.98 Å². The molecule has 2 aromatic heterocycles. The molecule has 11 heteroatoms. The van der Waals surface area contributed by atoms with E-state index in [1.165, 1.54) is 37.7 Å². The summed E-state index contributed by atoms with van der Waals surface area (Å²) in [5, 5.41) is 13.9. The van der Waals surface area contributed by atoms with Crippen LogP contribution in [0.1, 0.15) is 15.9 Å². The molecule has 0 radical (unpaired) electrons. The molecule has 0 spiro atoms. The first-order valence-electron chi connectivity index (χ1n) is 10.2. The first-order valence-corrected chi connectivity index (χ1v) is 10.6. The predicted molar refractivity (Wildman–Crippen MR) is 132 cm³/mol. The summed E-state index contributed by atoms with van der Waals surface area (Å²) in [6, 6.07) is 13.0. The van der Waals surface area contributed by atoms with Crippen LogP contribution in [-0.2, 0) is 4.84 Å². The van der Waals surface area contributed by atoms with E-state index in [-0.39, 0.29) is 16.5 Å². The maximum atomic E-state index is 13.5. The van der Waals surface area contributed by atoms with E-state index in [1.54, 1.807) is 30.6 Å². The van der Waals surface area contributed by atoms with Gasteiger partial charge in [0.2, 0.25) is 5.95 Å². The smallest absolute Gasteiger partial charge is 0.276 e. The molecule has 0 saturated carbocycles. The van der Waals surface area contributed by atoms with Gasteiger partial charge in [-0.05, 0) is 30.3 Å². The predicted octanol–water partition coefficient (Wildman–Crippen LogP) is 5.11. The molecule has 2 aromatic carbocycles. The number of hydroxylamine groups is 1. The van der Waals surface area contributed by atoms with E-state index >= 15 is 0 Å². The Bertz CT molecular complexity index is 1400. The Morgan fingerprint density at radius 1 is 1.11 bits per heavy atom. The van der Waals surface area contributed by atoms with Crippen LogP contribution in [0.3, 0.4) is 0 Å². The van der Waals surface area contributed by atoms with E-state index in [9.17, 15) is 9.18 Å². The highest BCUT2D eigenvalue weighted by atomic mass is 35.5. The molecule has 4 rings (SSSR count). The van der Waals surface area contributed by atoms with Gasteiger partial charge in [0.1, 0.15) is 11.6 Å². The van der Waals surface area contributed by atoms with Crippen LogP contribution < -0.4 is 16.1 Å². The quantitative estimate of drug-likeness (QED) is 0.199. The minimum absolute atomic E-state index is 0.0397. The van der Waals surface area contributed by atoms with Crippen molar-refractivity contribution in [1.82, 2.24) is 20.4 Å². The van der Waals surface area contributed by atoms with Crippen LogP contribution in [0.5, 0.6) is 0 Å². The summed E-state index contributed by atoms with van der Waals surface area (Å²) in [7, 11) is 1.34. The lowest BCUT2D eigenvalue weighted by molar-refractivity contribution is 0.0537. The molecule has 0 aliphatic carbocycles. The van der Waals surface area contributed by atoms with Crippen LogP contribution in [0.2, 0.25) is 5.02 Å². The van der Waals surface area contributed by atoms with Crippen LogP contribution in [0, 0.1) is 11.2 Å². The number of benzene rings is 2. The summed E-state index contributed by atoms with van der Waals surface area (Å²) in [5.41, 5.74) is 5.43. The van der Waals surface area contributed by atoms with Crippen LogP contribution in [0.25, 0.3) is 11.1 Å². The summed E-state index contributed by atoms with van der Waals surface area (Å²) in [6.45, 7) is 0. The lowest BCUT2D eigenvalue weighted by atomic mass is 10.1. The standard InChI is InChI=1S/C24H19ClFN7O2/c1-35-33-23(34)16-8-15(11-28-12-16)18-13-29-24(30-17-6-7-20(26)19(25)9-17)32-22(18)31-21-5-3-2-4-14(21)10-27/h2-13,27H,1H3,(H,33,34)(H2,29,30,31,32). The van der Waals surface area contributed by atoms with Crippen molar-refractivity contribution in [3.05, 3.63) is 89.1 Å². The SMILES string of the molecule is CONC(=O)c1cncc(-c2cnc(Nc3ccc(F)c(Cl)c3)nc2Nc2ccccc2C=N)c1. The third-order valence-electron chi connectivity index (χ3n) is 4.84. The number of carbonyl (C=O) groups excluding carboxylic acids is 1. The summed E-state index contributed by atoms with van der Waals surface area (Å²) in [5.74, 6) is -0.398. The van der Waals surface area contributed by atoms with Crippen molar-refractivity contribution in [2.24, 2.45) is 0 Å². The number of carbonyl (C=O) groups is 1. The molecule has 0 aliphatic rings. The Morgan fingerprint density at radius 2 is 1.94 bits per heavy atom. The third-order valence-corrected chi connectivity index (χ3v) is 5.13. The maximum absolute atomic E-state index is 13.5. The average molecular weight is 492 g/mol. The number of nitrogens with one attached hydrogen (secondary N) is 4. The highest BCUT2D eigenvalue weighted by Gasteiger charge is 2.15. The summed E-state index contributed by atoms with van der Waals surface area (Å²) >= 11 is 5.88. The number of aromatic nitrogens is 3. The van der Waals surface area contributed by atoms with Crippen LogP contribution in [0.4, 0.5) is 27.5 Å². The Kier molecular flexibility index (Phi) is 7.24. The summed E-state index contributed by atoms with van der Waals surface area (Å²) < 4.78 is 13.5. The molecule has 0 fully saturated rings. The molecule has 1 amide bonds. The largest absolute Gasteiger partial charge is 0.339 e. The van der Waals surface area contributed by atoms with Gasteiger partial charge in [-0.25, -0.2) is 14.9 Å².